The number of para-hydroxylation sites is 1. The summed E-state index contributed by atoms with van der Waals surface area (Å²) in [5.41, 5.74) is -0.694. The van der Waals surface area contributed by atoms with Crippen LogP contribution >= 0.6 is 0 Å². The lowest BCUT2D eigenvalue weighted by Crippen LogP contribution is -2.50. The van der Waals surface area contributed by atoms with E-state index in [1.165, 1.54) is 7.11 Å². The molecule has 4 amide bonds. The Morgan fingerprint density at radius 2 is 1.92 bits per heavy atom. The molecule has 2 N–H and O–H groups in total. The van der Waals surface area contributed by atoms with Gasteiger partial charge in [-0.05, 0) is 13.0 Å². The topological polar surface area (TPSA) is 91.0 Å². The van der Waals surface area contributed by atoms with E-state index in [1.54, 1.807) is 36.1 Å². The van der Waals surface area contributed by atoms with Crippen LogP contribution in [0, 0.1) is 0 Å². The van der Waals surface area contributed by atoms with E-state index >= 15 is 0 Å². The summed E-state index contributed by atoms with van der Waals surface area (Å²) in [5, 5.41) is 5.86. The van der Waals surface area contributed by atoms with Crippen LogP contribution in [-0.4, -0.2) is 67.5 Å². The average Bonchev–Trinajstić information content (AvgIpc) is 2.86. The molecule has 0 saturated carbocycles. The van der Waals surface area contributed by atoms with Gasteiger partial charge in [-0.15, -0.1) is 0 Å². The molecule has 2 aliphatic heterocycles. The Morgan fingerprint density at radius 1 is 1.24 bits per heavy atom. The minimum atomic E-state index is -1.26. The van der Waals surface area contributed by atoms with Crippen molar-refractivity contribution < 1.29 is 19.1 Å². The maximum absolute atomic E-state index is 12.9. The second-order valence-electron chi connectivity index (χ2n) is 6.28. The Bertz CT molecular complexity index is 702. The number of methoxy groups -OCH3 is 1. The van der Waals surface area contributed by atoms with E-state index in [0.717, 1.165) is 4.90 Å². The molecule has 0 aromatic heterocycles. The molecule has 1 unspecified atom stereocenters. The number of hydrogen-bond donors (Lipinski definition) is 2. The molecule has 134 valence electrons. The number of urea groups is 1. The molecule has 2 saturated heterocycles. The van der Waals surface area contributed by atoms with E-state index in [2.05, 4.69) is 10.6 Å². The fourth-order valence-electron chi connectivity index (χ4n) is 3.23. The minimum Gasteiger partial charge on any atom is -0.496 e. The molecule has 3 rings (SSSR count). The van der Waals surface area contributed by atoms with Crippen molar-refractivity contribution in [1.82, 2.24) is 20.4 Å². The van der Waals surface area contributed by atoms with Crippen LogP contribution in [0.3, 0.4) is 0 Å². The monoisotopic (exact) mass is 346 g/mol. The van der Waals surface area contributed by atoms with Gasteiger partial charge in [-0.1, -0.05) is 18.2 Å². The predicted molar refractivity (Wildman–Crippen MR) is 90.0 cm³/mol. The fraction of sp³-hybridized carbons (Fsp3) is 0.471. The quantitative estimate of drug-likeness (QED) is 0.743. The first-order valence-corrected chi connectivity index (χ1v) is 8.23. The van der Waals surface area contributed by atoms with Gasteiger partial charge in [0.25, 0.3) is 5.91 Å². The molecule has 0 spiro atoms. The van der Waals surface area contributed by atoms with Crippen molar-refractivity contribution in [2.24, 2.45) is 0 Å². The fourth-order valence-corrected chi connectivity index (χ4v) is 3.23. The molecule has 2 aliphatic rings. The average molecular weight is 346 g/mol. The highest BCUT2D eigenvalue weighted by Crippen LogP contribution is 2.34. The molecule has 8 heteroatoms. The number of imide groups is 1. The summed E-state index contributed by atoms with van der Waals surface area (Å²) in [6, 6.07) is 6.46. The second kappa shape index (κ2) is 6.72. The van der Waals surface area contributed by atoms with Crippen molar-refractivity contribution in [3.05, 3.63) is 29.8 Å². The van der Waals surface area contributed by atoms with Crippen LogP contribution in [0.5, 0.6) is 5.75 Å². The maximum Gasteiger partial charge on any atom is 0.325 e. The first-order chi connectivity index (χ1) is 12.0. The third kappa shape index (κ3) is 3.05. The Balaban J connectivity index is 1.81. The van der Waals surface area contributed by atoms with Crippen LogP contribution in [-0.2, 0) is 15.1 Å². The van der Waals surface area contributed by atoms with Gasteiger partial charge in [0.15, 0.2) is 0 Å². The third-order valence-corrected chi connectivity index (χ3v) is 4.68. The summed E-state index contributed by atoms with van der Waals surface area (Å²) in [5.74, 6) is -0.173. The molecular formula is C17H22N4O4. The molecule has 25 heavy (non-hydrogen) atoms. The Morgan fingerprint density at radius 3 is 2.60 bits per heavy atom. The van der Waals surface area contributed by atoms with Crippen LogP contribution in [0.25, 0.3) is 0 Å². The van der Waals surface area contributed by atoms with Gasteiger partial charge in [0.2, 0.25) is 5.91 Å². The van der Waals surface area contributed by atoms with Crippen molar-refractivity contribution in [3.8, 4) is 5.75 Å². The second-order valence-corrected chi connectivity index (χ2v) is 6.28. The Hall–Kier alpha value is -2.61. The van der Waals surface area contributed by atoms with E-state index in [0.29, 0.717) is 37.5 Å². The molecule has 2 fully saturated rings. The highest BCUT2D eigenvalue weighted by molar-refractivity contribution is 6.09. The van der Waals surface area contributed by atoms with Crippen LogP contribution in [0.4, 0.5) is 4.79 Å². The molecule has 1 aromatic rings. The molecular weight excluding hydrogens is 324 g/mol. The van der Waals surface area contributed by atoms with E-state index in [-0.39, 0.29) is 12.5 Å². The SMILES string of the molecule is COc1ccccc1C1(C)NC(=O)N(CC(=O)N2CCNCC2)C1=O. The van der Waals surface area contributed by atoms with Gasteiger partial charge in [-0.2, -0.15) is 0 Å². The summed E-state index contributed by atoms with van der Waals surface area (Å²) in [6.07, 6.45) is 0. The maximum atomic E-state index is 12.9. The predicted octanol–water partition coefficient (Wildman–Crippen LogP) is -0.106. The molecule has 0 bridgehead atoms. The van der Waals surface area contributed by atoms with Gasteiger partial charge in [0, 0.05) is 31.7 Å². The number of amides is 4. The number of nitrogens with zero attached hydrogens (tertiary/aromatic N) is 2. The van der Waals surface area contributed by atoms with E-state index in [1.807, 2.05) is 0 Å². The first-order valence-electron chi connectivity index (χ1n) is 8.23. The number of piperazine rings is 1. The minimum absolute atomic E-state index is 0.228. The highest BCUT2D eigenvalue weighted by atomic mass is 16.5. The number of nitrogens with one attached hydrogen (secondary N) is 2. The summed E-state index contributed by atoms with van der Waals surface area (Å²) >= 11 is 0. The zero-order valence-electron chi connectivity index (χ0n) is 14.4. The summed E-state index contributed by atoms with van der Waals surface area (Å²) < 4.78 is 5.31. The lowest BCUT2D eigenvalue weighted by atomic mass is 9.91. The van der Waals surface area contributed by atoms with Gasteiger partial charge in [0.05, 0.1) is 7.11 Å². The number of carbonyl (C=O) groups is 3. The van der Waals surface area contributed by atoms with E-state index in [4.69, 9.17) is 4.74 Å². The van der Waals surface area contributed by atoms with Gasteiger partial charge in [-0.25, -0.2) is 4.79 Å². The Kier molecular flexibility index (Phi) is 4.63. The van der Waals surface area contributed by atoms with Gasteiger partial charge in [0.1, 0.15) is 17.8 Å². The standard InChI is InChI=1S/C17H22N4O4/c1-17(12-5-3-4-6-13(12)25-2)15(23)21(16(24)19-17)11-14(22)20-9-7-18-8-10-20/h3-6,18H,7-11H2,1-2H3,(H,19,24). The number of hydrogen-bond acceptors (Lipinski definition) is 5. The van der Waals surface area contributed by atoms with Crippen molar-refractivity contribution in [1.29, 1.82) is 0 Å². The number of benzene rings is 1. The van der Waals surface area contributed by atoms with Crippen LogP contribution < -0.4 is 15.4 Å². The summed E-state index contributed by atoms with van der Waals surface area (Å²) in [7, 11) is 1.51. The normalized spacial score (nSPS) is 23.6. The molecule has 1 atom stereocenters. The molecule has 0 aliphatic carbocycles. The third-order valence-electron chi connectivity index (χ3n) is 4.68. The van der Waals surface area contributed by atoms with Crippen molar-refractivity contribution in [2.75, 3.05) is 39.8 Å². The van der Waals surface area contributed by atoms with Gasteiger partial charge < -0.3 is 20.3 Å². The number of carbonyl (C=O) groups excluding carboxylic acids is 3. The van der Waals surface area contributed by atoms with Gasteiger partial charge in [-0.3, -0.25) is 14.5 Å². The van der Waals surface area contributed by atoms with Crippen molar-refractivity contribution in [2.45, 2.75) is 12.5 Å². The van der Waals surface area contributed by atoms with Crippen LogP contribution in [0.2, 0.25) is 0 Å². The largest absolute Gasteiger partial charge is 0.496 e. The summed E-state index contributed by atoms with van der Waals surface area (Å²) in [4.78, 5) is 40.4. The smallest absolute Gasteiger partial charge is 0.325 e. The Labute approximate surface area is 146 Å². The lowest BCUT2D eigenvalue weighted by Gasteiger charge is -2.29. The zero-order chi connectivity index (χ0) is 18.0. The lowest BCUT2D eigenvalue weighted by molar-refractivity contribution is -0.139. The van der Waals surface area contributed by atoms with E-state index in [9.17, 15) is 14.4 Å². The first kappa shape index (κ1) is 17.2. The zero-order valence-corrected chi connectivity index (χ0v) is 14.4. The van der Waals surface area contributed by atoms with Crippen LogP contribution in [0.15, 0.2) is 24.3 Å². The highest BCUT2D eigenvalue weighted by Gasteiger charge is 2.51. The van der Waals surface area contributed by atoms with Crippen molar-refractivity contribution in [3.63, 3.8) is 0 Å². The van der Waals surface area contributed by atoms with Crippen LogP contribution in [0.1, 0.15) is 12.5 Å². The molecule has 0 radical (unpaired) electrons. The van der Waals surface area contributed by atoms with E-state index < -0.39 is 17.5 Å². The number of rotatable bonds is 4. The molecule has 2 heterocycles. The molecule has 1 aromatic carbocycles. The van der Waals surface area contributed by atoms with Gasteiger partial charge >= 0.3 is 6.03 Å². The molecule has 8 nitrogen and oxygen atoms in total. The van der Waals surface area contributed by atoms with Crippen molar-refractivity contribution >= 4 is 17.8 Å². The summed E-state index contributed by atoms with van der Waals surface area (Å²) in [6.45, 7) is 3.95. The number of ether oxygens (including phenoxy) is 1.